The maximum atomic E-state index is 12.1. The summed E-state index contributed by atoms with van der Waals surface area (Å²) < 4.78 is 16.3. The predicted octanol–water partition coefficient (Wildman–Crippen LogP) is 4.35. The number of amides is 1. The number of rotatable bonds is 12. The van der Waals surface area contributed by atoms with Gasteiger partial charge in [-0.1, -0.05) is 31.9 Å². The van der Waals surface area contributed by atoms with Gasteiger partial charge in [0.05, 0.1) is 20.8 Å². The first-order valence-corrected chi connectivity index (χ1v) is 10.2. The lowest BCUT2D eigenvalue weighted by molar-refractivity contribution is -0.116. The lowest BCUT2D eigenvalue weighted by Gasteiger charge is -2.11. The van der Waals surface area contributed by atoms with E-state index in [1.807, 2.05) is 18.2 Å². The number of hydrogen-bond acceptors (Lipinski definition) is 5. The maximum absolute atomic E-state index is 12.1. The van der Waals surface area contributed by atoms with Crippen LogP contribution in [0.1, 0.15) is 37.3 Å². The molecule has 6 nitrogen and oxygen atoms in total. The third-order valence-corrected chi connectivity index (χ3v) is 4.58. The molecule has 0 aliphatic heterocycles. The third kappa shape index (κ3) is 7.35. The van der Waals surface area contributed by atoms with E-state index in [1.165, 1.54) is 13.2 Å². The number of phenolic OH excluding ortho intramolecular Hbond substituents is 1. The van der Waals surface area contributed by atoms with Gasteiger partial charge in [-0.25, -0.2) is 0 Å². The standard InChI is InChI=1S/C24H31NO5/c1-4-5-6-15-30-23-17-18(8-11-21(23)28-2)9-12-24(27)25-14-13-19-7-10-20(26)22(16-19)29-3/h7-12,16-17,26H,4-6,13-15H2,1-3H3,(H,25,27)/b12-9+. The van der Waals surface area contributed by atoms with E-state index in [0.717, 1.165) is 30.4 Å². The van der Waals surface area contributed by atoms with Crippen molar-refractivity contribution in [2.45, 2.75) is 32.6 Å². The first kappa shape index (κ1) is 23.1. The van der Waals surface area contributed by atoms with Gasteiger partial charge in [-0.05, 0) is 54.3 Å². The molecule has 2 aromatic rings. The molecule has 0 aromatic heterocycles. The van der Waals surface area contributed by atoms with Crippen LogP contribution in [0.15, 0.2) is 42.5 Å². The van der Waals surface area contributed by atoms with E-state index >= 15 is 0 Å². The van der Waals surface area contributed by atoms with Crippen molar-refractivity contribution >= 4 is 12.0 Å². The number of carbonyl (C=O) groups is 1. The summed E-state index contributed by atoms with van der Waals surface area (Å²) in [6.07, 6.45) is 7.14. The number of hydrogen-bond donors (Lipinski definition) is 2. The second-order valence-corrected chi connectivity index (χ2v) is 6.85. The van der Waals surface area contributed by atoms with E-state index in [0.29, 0.717) is 36.8 Å². The summed E-state index contributed by atoms with van der Waals surface area (Å²) in [7, 11) is 3.12. The SMILES string of the molecule is CCCCCOc1cc(/C=C/C(=O)NCCc2ccc(O)c(OC)c2)ccc1OC. The minimum Gasteiger partial charge on any atom is -0.504 e. The zero-order valence-corrected chi connectivity index (χ0v) is 17.9. The molecule has 2 N–H and O–H groups in total. The average molecular weight is 414 g/mol. The Morgan fingerprint density at radius 2 is 1.83 bits per heavy atom. The highest BCUT2D eigenvalue weighted by Gasteiger charge is 2.06. The van der Waals surface area contributed by atoms with E-state index in [4.69, 9.17) is 14.2 Å². The first-order valence-electron chi connectivity index (χ1n) is 10.2. The Morgan fingerprint density at radius 1 is 1.03 bits per heavy atom. The highest BCUT2D eigenvalue weighted by atomic mass is 16.5. The molecule has 0 saturated heterocycles. The van der Waals surface area contributed by atoms with E-state index in [-0.39, 0.29) is 11.7 Å². The van der Waals surface area contributed by atoms with Gasteiger partial charge in [0.1, 0.15) is 0 Å². The number of methoxy groups -OCH3 is 2. The first-order chi connectivity index (χ1) is 14.6. The normalized spacial score (nSPS) is 10.8. The van der Waals surface area contributed by atoms with Crippen LogP contribution >= 0.6 is 0 Å². The van der Waals surface area contributed by atoms with E-state index in [2.05, 4.69) is 12.2 Å². The van der Waals surface area contributed by atoms with E-state index in [9.17, 15) is 9.90 Å². The van der Waals surface area contributed by atoms with Crippen LogP contribution in [0, 0.1) is 0 Å². The summed E-state index contributed by atoms with van der Waals surface area (Å²) in [5, 5.41) is 12.5. The lowest BCUT2D eigenvalue weighted by atomic mass is 10.1. The number of carbonyl (C=O) groups excluding carboxylic acids is 1. The zero-order chi connectivity index (χ0) is 21.8. The summed E-state index contributed by atoms with van der Waals surface area (Å²) in [5.41, 5.74) is 1.83. The number of aromatic hydroxyl groups is 1. The van der Waals surface area contributed by atoms with Crippen LogP contribution in [-0.4, -0.2) is 38.4 Å². The van der Waals surface area contributed by atoms with Crippen LogP contribution in [0.5, 0.6) is 23.0 Å². The maximum Gasteiger partial charge on any atom is 0.244 e. The van der Waals surface area contributed by atoms with Crippen molar-refractivity contribution in [1.29, 1.82) is 0 Å². The van der Waals surface area contributed by atoms with Crippen LogP contribution in [0.25, 0.3) is 6.08 Å². The molecule has 0 radical (unpaired) electrons. The highest BCUT2D eigenvalue weighted by molar-refractivity contribution is 5.91. The van der Waals surface area contributed by atoms with Gasteiger partial charge in [0.15, 0.2) is 23.0 Å². The number of phenols is 1. The quantitative estimate of drug-likeness (QED) is 0.400. The molecule has 0 atom stereocenters. The summed E-state index contributed by atoms with van der Waals surface area (Å²) in [4.78, 5) is 12.1. The smallest absolute Gasteiger partial charge is 0.244 e. The zero-order valence-electron chi connectivity index (χ0n) is 17.9. The summed E-state index contributed by atoms with van der Waals surface area (Å²) in [5.74, 6) is 1.70. The molecule has 2 aromatic carbocycles. The van der Waals surface area contributed by atoms with Crippen LogP contribution in [0.2, 0.25) is 0 Å². The molecule has 0 aliphatic rings. The highest BCUT2D eigenvalue weighted by Crippen LogP contribution is 2.29. The number of ether oxygens (including phenoxy) is 3. The Hall–Kier alpha value is -3.15. The van der Waals surface area contributed by atoms with Crippen molar-refractivity contribution < 1.29 is 24.1 Å². The molecule has 0 spiro atoms. The Kier molecular flexibility index (Phi) is 9.58. The van der Waals surface area contributed by atoms with Crippen molar-refractivity contribution in [3.8, 4) is 23.0 Å². The molecular formula is C24H31NO5. The van der Waals surface area contributed by atoms with Gasteiger partial charge in [0.2, 0.25) is 5.91 Å². The predicted molar refractivity (Wildman–Crippen MR) is 118 cm³/mol. The topological polar surface area (TPSA) is 77.0 Å². The molecule has 0 heterocycles. The van der Waals surface area contributed by atoms with Crippen LogP contribution in [0.4, 0.5) is 0 Å². The van der Waals surface area contributed by atoms with Gasteiger partial charge >= 0.3 is 0 Å². The molecule has 2 rings (SSSR count). The molecular weight excluding hydrogens is 382 g/mol. The summed E-state index contributed by atoms with van der Waals surface area (Å²) in [6, 6.07) is 10.7. The van der Waals surface area contributed by atoms with Gasteiger partial charge in [-0.15, -0.1) is 0 Å². The minimum atomic E-state index is -0.179. The number of unbranched alkanes of at least 4 members (excludes halogenated alkanes) is 2. The van der Waals surface area contributed by atoms with E-state index < -0.39 is 0 Å². The van der Waals surface area contributed by atoms with Crippen molar-refractivity contribution in [2.75, 3.05) is 27.4 Å². The van der Waals surface area contributed by atoms with Gasteiger partial charge < -0.3 is 24.6 Å². The second-order valence-electron chi connectivity index (χ2n) is 6.85. The Bertz CT molecular complexity index is 847. The molecule has 0 fully saturated rings. The molecule has 30 heavy (non-hydrogen) atoms. The fourth-order valence-electron chi connectivity index (χ4n) is 2.88. The third-order valence-electron chi connectivity index (χ3n) is 4.58. The molecule has 0 saturated carbocycles. The molecule has 0 unspecified atom stereocenters. The average Bonchev–Trinajstić information content (AvgIpc) is 2.76. The van der Waals surface area contributed by atoms with Gasteiger partial charge in [-0.3, -0.25) is 4.79 Å². The van der Waals surface area contributed by atoms with Crippen molar-refractivity contribution in [1.82, 2.24) is 5.32 Å². The van der Waals surface area contributed by atoms with Crippen LogP contribution in [-0.2, 0) is 11.2 Å². The van der Waals surface area contributed by atoms with Gasteiger partial charge in [-0.2, -0.15) is 0 Å². The fourth-order valence-corrected chi connectivity index (χ4v) is 2.88. The molecule has 6 heteroatoms. The van der Waals surface area contributed by atoms with Crippen molar-refractivity contribution in [3.63, 3.8) is 0 Å². The van der Waals surface area contributed by atoms with E-state index in [1.54, 1.807) is 31.4 Å². The van der Waals surface area contributed by atoms with Crippen molar-refractivity contribution in [3.05, 3.63) is 53.6 Å². The Labute approximate surface area is 178 Å². The Balaban J connectivity index is 1.87. The molecule has 0 bridgehead atoms. The minimum absolute atomic E-state index is 0.0985. The van der Waals surface area contributed by atoms with Crippen molar-refractivity contribution in [2.24, 2.45) is 0 Å². The fraction of sp³-hybridized carbons (Fsp3) is 0.375. The summed E-state index contributed by atoms with van der Waals surface area (Å²) >= 11 is 0. The van der Waals surface area contributed by atoms with Gasteiger partial charge in [0.25, 0.3) is 0 Å². The van der Waals surface area contributed by atoms with Crippen LogP contribution < -0.4 is 19.5 Å². The Morgan fingerprint density at radius 3 is 2.57 bits per heavy atom. The lowest BCUT2D eigenvalue weighted by Crippen LogP contribution is -2.23. The molecule has 1 amide bonds. The molecule has 162 valence electrons. The monoisotopic (exact) mass is 413 g/mol. The van der Waals surface area contributed by atoms with Gasteiger partial charge in [0, 0.05) is 12.6 Å². The van der Waals surface area contributed by atoms with Crippen LogP contribution in [0.3, 0.4) is 0 Å². The number of nitrogens with one attached hydrogen (secondary N) is 1. The number of benzene rings is 2. The second kappa shape index (κ2) is 12.4. The largest absolute Gasteiger partial charge is 0.504 e. The summed E-state index contributed by atoms with van der Waals surface area (Å²) in [6.45, 7) is 3.27. The molecule has 0 aliphatic carbocycles.